The van der Waals surface area contributed by atoms with Crippen molar-refractivity contribution >= 4 is 17.1 Å². The van der Waals surface area contributed by atoms with Crippen LogP contribution in [0, 0.1) is 6.92 Å². The quantitative estimate of drug-likeness (QED) is 0.913. The zero-order chi connectivity index (χ0) is 13.4. The minimum absolute atomic E-state index is 0.562. The van der Waals surface area contributed by atoms with Crippen LogP contribution in [-0.2, 0) is 6.54 Å². The molecular formula is C14H21N5. The number of hydrogen-bond donors (Lipinski definition) is 1. The number of nitrogens with zero attached hydrogens (tertiary/aromatic N) is 4. The molecule has 2 aromatic heterocycles. The highest BCUT2D eigenvalue weighted by Crippen LogP contribution is 2.22. The maximum Gasteiger partial charge on any atom is 0.202 e. The van der Waals surface area contributed by atoms with Gasteiger partial charge in [-0.1, -0.05) is 6.92 Å². The Bertz CT molecular complexity index is 589. The van der Waals surface area contributed by atoms with Crippen LogP contribution in [0.1, 0.15) is 25.5 Å². The number of aromatic nitrogens is 3. The number of likely N-dealkylation sites (tertiary alicyclic amines) is 1. The molecule has 19 heavy (non-hydrogen) atoms. The minimum atomic E-state index is 0.562. The molecule has 3 rings (SSSR count). The molecule has 0 bridgehead atoms. The number of likely N-dealkylation sites (N-methyl/N-ethyl adjacent to an activating group) is 1. The fraction of sp³-hybridized carbons (Fsp3) is 0.571. The highest BCUT2D eigenvalue weighted by molar-refractivity contribution is 5.74. The largest absolute Gasteiger partial charge is 0.369 e. The van der Waals surface area contributed by atoms with Crippen LogP contribution in [0.4, 0.5) is 5.95 Å². The number of fused-ring (bicyclic) bond motifs is 1. The highest BCUT2D eigenvalue weighted by atomic mass is 15.2. The van der Waals surface area contributed by atoms with E-state index in [0.717, 1.165) is 29.9 Å². The normalized spacial score (nSPS) is 20.4. The Kier molecular flexibility index (Phi) is 3.14. The summed E-state index contributed by atoms with van der Waals surface area (Å²) in [6, 6.07) is 4.54. The molecule has 0 amide bonds. The van der Waals surface area contributed by atoms with E-state index < -0.39 is 0 Å². The van der Waals surface area contributed by atoms with Gasteiger partial charge in [0.15, 0.2) is 5.65 Å². The second-order valence-corrected chi connectivity index (χ2v) is 5.30. The first-order chi connectivity index (χ1) is 9.19. The summed E-state index contributed by atoms with van der Waals surface area (Å²) in [6.45, 7) is 7.41. The van der Waals surface area contributed by atoms with Gasteiger partial charge in [0.1, 0.15) is 5.52 Å². The number of imidazole rings is 1. The van der Waals surface area contributed by atoms with Crippen molar-refractivity contribution in [3.8, 4) is 0 Å². The third-order valence-electron chi connectivity index (χ3n) is 4.06. The van der Waals surface area contributed by atoms with E-state index in [4.69, 9.17) is 5.73 Å². The predicted molar refractivity (Wildman–Crippen MR) is 76.9 cm³/mol. The van der Waals surface area contributed by atoms with Gasteiger partial charge in [0, 0.05) is 18.3 Å². The maximum atomic E-state index is 6.06. The summed E-state index contributed by atoms with van der Waals surface area (Å²) in [4.78, 5) is 11.5. The number of nitrogen functional groups attached to an aromatic ring is 1. The Morgan fingerprint density at radius 1 is 1.37 bits per heavy atom. The molecule has 2 aromatic rings. The Balaban J connectivity index is 1.95. The van der Waals surface area contributed by atoms with Gasteiger partial charge in [0.25, 0.3) is 0 Å². The topological polar surface area (TPSA) is 60.0 Å². The molecule has 3 heterocycles. The first-order valence-electron chi connectivity index (χ1n) is 7.02. The van der Waals surface area contributed by atoms with E-state index in [1.165, 1.54) is 19.4 Å². The first-order valence-corrected chi connectivity index (χ1v) is 7.02. The van der Waals surface area contributed by atoms with Crippen LogP contribution >= 0.6 is 0 Å². The SMILES string of the molecule is CCN1CCCC1Cn1c(N)nc2ccc(C)nc21. The van der Waals surface area contributed by atoms with Crippen LogP contribution in [0.25, 0.3) is 11.2 Å². The van der Waals surface area contributed by atoms with E-state index in [1.807, 2.05) is 19.1 Å². The lowest BCUT2D eigenvalue weighted by Gasteiger charge is -2.23. The van der Waals surface area contributed by atoms with Crippen molar-refractivity contribution in [2.45, 2.75) is 39.3 Å². The minimum Gasteiger partial charge on any atom is -0.369 e. The third kappa shape index (κ3) is 2.18. The van der Waals surface area contributed by atoms with Crippen molar-refractivity contribution in [1.82, 2.24) is 19.4 Å². The lowest BCUT2D eigenvalue weighted by Crippen LogP contribution is -2.33. The molecular weight excluding hydrogens is 238 g/mol. The fourth-order valence-corrected chi connectivity index (χ4v) is 3.02. The summed E-state index contributed by atoms with van der Waals surface area (Å²) < 4.78 is 2.07. The van der Waals surface area contributed by atoms with Gasteiger partial charge in [-0.05, 0) is 45.0 Å². The van der Waals surface area contributed by atoms with Crippen LogP contribution < -0.4 is 5.73 Å². The molecule has 1 aliphatic heterocycles. The molecule has 1 unspecified atom stereocenters. The van der Waals surface area contributed by atoms with Crippen molar-refractivity contribution in [3.05, 3.63) is 17.8 Å². The first kappa shape index (κ1) is 12.4. The second-order valence-electron chi connectivity index (χ2n) is 5.30. The monoisotopic (exact) mass is 259 g/mol. The van der Waals surface area contributed by atoms with E-state index in [9.17, 15) is 0 Å². The molecule has 1 fully saturated rings. The maximum absolute atomic E-state index is 6.06. The Hall–Kier alpha value is -1.62. The average Bonchev–Trinajstić information content (AvgIpc) is 2.96. The van der Waals surface area contributed by atoms with Crippen molar-refractivity contribution in [1.29, 1.82) is 0 Å². The summed E-state index contributed by atoms with van der Waals surface area (Å²) in [5.74, 6) is 0.580. The van der Waals surface area contributed by atoms with Crippen LogP contribution in [0.2, 0.25) is 0 Å². The molecule has 0 radical (unpaired) electrons. The molecule has 5 heteroatoms. The summed E-state index contributed by atoms with van der Waals surface area (Å²) in [5.41, 5.74) is 8.88. The Labute approximate surface area is 113 Å². The number of anilines is 1. The molecule has 1 atom stereocenters. The molecule has 1 saturated heterocycles. The number of aryl methyl sites for hydroxylation is 1. The lowest BCUT2D eigenvalue weighted by atomic mass is 10.2. The Morgan fingerprint density at radius 3 is 3.00 bits per heavy atom. The van der Waals surface area contributed by atoms with E-state index in [1.54, 1.807) is 0 Å². The summed E-state index contributed by atoms with van der Waals surface area (Å²) in [7, 11) is 0. The van der Waals surface area contributed by atoms with Crippen LogP contribution in [0.3, 0.4) is 0 Å². The second kappa shape index (κ2) is 4.81. The van der Waals surface area contributed by atoms with Crippen LogP contribution in [0.15, 0.2) is 12.1 Å². The van der Waals surface area contributed by atoms with Gasteiger partial charge in [-0.25, -0.2) is 9.97 Å². The van der Waals surface area contributed by atoms with E-state index in [2.05, 4.69) is 26.4 Å². The number of rotatable bonds is 3. The third-order valence-corrected chi connectivity index (χ3v) is 4.06. The molecule has 5 nitrogen and oxygen atoms in total. The van der Waals surface area contributed by atoms with Crippen molar-refractivity contribution in [2.24, 2.45) is 0 Å². The molecule has 1 aliphatic rings. The molecule has 0 aliphatic carbocycles. The molecule has 0 spiro atoms. The zero-order valence-corrected chi connectivity index (χ0v) is 11.6. The lowest BCUT2D eigenvalue weighted by molar-refractivity contribution is 0.246. The number of hydrogen-bond acceptors (Lipinski definition) is 4. The number of nitrogens with two attached hydrogens (primary N) is 1. The Morgan fingerprint density at radius 2 is 2.21 bits per heavy atom. The van der Waals surface area contributed by atoms with Gasteiger partial charge in [-0.15, -0.1) is 0 Å². The van der Waals surface area contributed by atoms with Crippen molar-refractivity contribution in [3.63, 3.8) is 0 Å². The predicted octanol–water partition coefficient (Wildman–Crippen LogP) is 1.81. The molecule has 0 aromatic carbocycles. The summed E-state index contributed by atoms with van der Waals surface area (Å²) >= 11 is 0. The van der Waals surface area contributed by atoms with Gasteiger partial charge >= 0.3 is 0 Å². The van der Waals surface area contributed by atoms with Crippen molar-refractivity contribution in [2.75, 3.05) is 18.8 Å². The van der Waals surface area contributed by atoms with Gasteiger partial charge in [0.2, 0.25) is 5.95 Å². The van der Waals surface area contributed by atoms with E-state index in [-0.39, 0.29) is 0 Å². The summed E-state index contributed by atoms with van der Waals surface area (Å²) in [6.07, 6.45) is 2.51. The smallest absolute Gasteiger partial charge is 0.202 e. The van der Waals surface area contributed by atoms with Crippen molar-refractivity contribution < 1.29 is 0 Å². The highest BCUT2D eigenvalue weighted by Gasteiger charge is 2.24. The molecule has 2 N–H and O–H groups in total. The van der Waals surface area contributed by atoms with Gasteiger partial charge in [-0.3, -0.25) is 9.47 Å². The average molecular weight is 259 g/mol. The molecule has 102 valence electrons. The van der Waals surface area contributed by atoms with Gasteiger partial charge < -0.3 is 5.73 Å². The standard InChI is InChI=1S/C14H21N5/c1-3-18-8-4-5-11(18)9-19-13-12(17-14(19)15)7-6-10(2)16-13/h6-7,11H,3-5,8-9H2,1-2H3,(H2,15,17). The summed E-state index contributed by atoms with van der Waals surface area (Å²) in [5, 5.41) is 0. The fourth-order valence-electron chi connectivity index (χ4n) is 3.02. The van der Waals surface area contributed by atoms with Gasteiger partial charge in [-0.2, -0.15) is 0 Å². The zero-order valence-electron chi connectivity index (χ0n) is 11.6. The van der Waals surface area contributed by atoms with Gasteiger partial charge in [0.05, 0.1) is 0 Å². The van der Waals surface area contributed by atoms with E-state index in [0.29, 0.717) is 12.0 Å². The van der Waals surface area contributed by atoms with Crippen LogP contribution in [-0.4, -0.2) is 38.6 Å². The van der Waals surface area contributed by atoms with Crippen LogP contribution in [0.5, 0.6) is 0 Å². The number of pyridine rings is 1. The van der Waals surface area contributed by atoms with E-state index >= 15 is 0 Å². The molecule has 0 saturated carbocycles.